The molecule has 0 aliphatic heterocycles. The van der Waals surface area contributed by atoms with Gasteiger partial charge in [0.1, 0.15) is 12.4 Å². The summed E-state index contributed by atoms with van der Waals surface area (Å²) in [5.74, 6) is -0.481. The molecule has 6 heteroatoms. The summed E-state index contributed by atoms with van der Waals surface area (Å²) in [7, 11) is 0. The van der Waals surface area contributed by atoms with Crippen LogP contribution in [0.5, 0.6) is 5.75 Å². The minimum Gasteiger partial charge on any atom is -0.460 e. The summed E-state index contributed by atoms with van der Waals surface area (Å²) in [5, 5.41) is 10.2. The predicted molar refractivity (Wildman–Crippen MR) is 134 cm³/mol. The number of hydrogen-bond acceptors (Lipinski definition) is 6. The maximum Gasteiger partial charge on any atom is 0.338 e. The lowest BCUT2D eigenvalue weighted by Gasteiger charge is -2.13. The second kappa shape index (κ2) is 11.9. The minimum atomic E-state index is -1.13. The fraction of sp³-hybridized carbons (Fsp3) is 0.172. The molecule has 0 saturated heterocycles. The van der Waals surface area contributed by atoms with Gasteiger partial charge >= 0.3 is 11.9 Å². The first kappa shape index (κ1) is 25.6. The van der Waals surface area contributed by atoms with Gasteiger partial charge in [-0.1, -0.05) is 67.8 Å². The van der Waals surface area contributed by atoms with Gasteiger partial charge in [-0.25, -0.2) is 9.59 Å². The van der Waals surface area contributed by atoms with Crippen molar-refractivity contribution in [3.63, 3.8) is 0 Å². The minimum absolute atomic E-state index is 0.0327. The standard InChI is InChI=1S/C29H28O6/c1-19(2)27(30)33-16-17-34-29(32)23-10-8-21(9-11-23)24-6-5-7-25(18-24)22-12-14-26(15-13-22)35-28(31)20(3)4/h5-15,18,29,32H,1,3,16-17H2,2,4H3. The van der Waals surface area contributed by atoms with Gasteiger partial charge in [-0.15, -0.1) is 0 Å². The van der Waals surface area contributed by atoms with E-state index in [0.717, 1.165) is 22.3 Å². The molecule has 0 amide bonds. The van der Waals surface area contributed by atoms with Crippen molar-refractivity contribution in [1.82, 2.24) is 0 Å². The zero-order chi connectivity index (χ0) is 25.4. The Morgan fingerprint density at radius 1 is 0.771 bits per heavy atom. The van der Waals surface area contributed by atoms with E-state index in [2.05, 4.69) is 19.2 Å². The normalized spacial score (nSPS) is 11.4. The van der Waals surface area contributed by atoms with Crippen molar-refractivity contribution in [1.29, 1.82) is 0 Å². The Balaban J connectivity index is 1.63. The average molecular weight is 473 g/mol. The molecule has 3 aromatic rings. The van der Waals surface area contributed by atoms with Crippen LogP contribution in [0.4, 0.5) is 0 Å². The molecular weight excluding hydrogens is 444 g/mol. The van der Waals surface area contributed by atoms with Crippen LogP contribution < -0.4 is 4.74 Å². The van der Waals surface area contributed by atoms with Gasteiger partial charge in [-0.05, 0) is 54.3 Å². The van der Waals surface area contributed by atoms with Crippen molar-refractivity contribution in [3.8, 4) is 28.0 Å². The van der Waals surface area contributed by atoms with E-state index < -0.39 is 18.2 Å². The Bertz CT molecular complexity index is 1210. The van der Waals surface area contributed by atoms with Crippen molar-refractivity contribution in [2.75, 3.05) is 13.2 Å². The van der Waals surface area contributed by atoms with Crippen LogP contribution in [0, 0.1) is 0 Å². The average Bonchev–Trinajstić information content (AvgIpc) is 2.86. The van der Waals surface area contributed by atoms with Crippen LogP contribution in [0.1, 0.15) is 25.7 Å². The second-order valence-corrected chi connectivity index (χ2v) is 8.04. The Hall–Kier alpha value is -4.00. The van der Waals surface area contributed by atoms with E-state index in [1.807, 2.05) is 42.5 Å². The summed E-state index contributed by atoms with van der Waals surface area (Å²) in [6.07, 6.45) is -1.13. The number of aliphatic hydroxyl groups excluding tert-OH is 1. The van der Waals surface area contributed by atoms with E-state index in [1.165, 1.54) is 0 Å². The van der Waals surface area contributed by atoms with Gasteiger partial charge < -0.3 is 19.3 Å². The summed E-state index contributed by atoms with van der Waals surface area (Å²) in [6, 6.07) is 22.7. The molecule has 0 aromatic heterocycles. The van der Waals surface area contributed by atoms with Crippen molar-refractivity contribution < 1.29 is 28.9 Å². The summed E-state index contributed by atoms with van der Waals surface area (Å²) in [4.78, 5) is 23.0. The third-order valence-electron chi connectivity index (χ3n) is 5.08. The van der Waals surface area contributed by atoms with Gasteiger partial charge in [0.15, 0.2) is 6.29 Å². The Labute approximate surface area is 205 Å². The first-order chi connectivity index (χ1) is 16.7. The first-order valence-corrected chi connectivity index (χ1v) is 11.1. The van der Waals surface area contributed by atoms with E-state index >= 15 is 0 Å². The molecule has 3 aromatic carbocycles. The highest BCUT2D eigenvalue weighted by Crippen LogP contribution is 2.29. The van der Waals surface area contributed by atoms with Gasteiger partial charge in [-0.2, -0.15) is 0 Å². The van der Waals surface area contributed by atoms with Crippen LogP contribution in [0.2, 0.25) is 0 Å². The molecule has 6 nitrogen and oxygen atoms in total. The fourth-order valence-corrected chi connectivity index (χ4v) is 3.14. The van der Waals surface area contributed by atoms with Crippen molar-refractivity contribution in [3.05, 3.63) is 103 Å². The molecule has 0 aliphatic rings. The highest BCUT2D eigenvalue weighted by molar-refractivity contribution is 5.89. The SMILES string of the molecule is C=C(C)C(=O)OCCOC(O)c1ccc(-c2cccc(-c3ccc(OC(=O)C(=C)C)cc3)c2)cc1. The zero-order valence-corrected chi connectivity index (χ0v) is 19.8. The molecule has 0 radical (unpaired) electrons. The van der Waals surface area contributed by atoms with Gasteiger partial charge in [0.2, 0.25) is 0 Å². The topological polar surface area (TPSA) is 82.1 Å². The number of aliphatic hydroxyl groups is 1. The lowest BCUT2D eigenvalue weighted by atomic mass is 9.98. The van der Waals surface area contributed by atoms with Gasteiger partial charge in [0.05, 0.1) is 6.61 Å². The van der Waals surface area contributed by atoms with Gasteiger partial charge in [0, 0.05) is 16.7 Å². The van der Waals surface area contributed by atoms with Crippen LogP contribution in [-0.4, -0.2) is 30.3 Å². The lowest BCUT2D eigenvalue weighted by Crippen LogP contribution is -2.13. The number of ether oxygens (including phenoxy) is 3. The largest absolute Gasteiger partial charge is 0.460 e. The number of carbonyl (C=O) groups excluding carboxylic acids is 2. The molecule has 180 valence electrons. The van der Waals surface area contributed by atoms with Crippen molar-refractivity contribution in [2.24, 2.45) is 0 Å². The molecule has 35 heavy (non-hydrogen) atoms. The van der Waals surface area contributed by atoms with Crippen LogP contribution in [0.25, 0.3) is 22.3 Å². The van der Waals surface area contributed by atoms with E-state index in [9.17, 15) is 14.7 Å². The lowest BCUT2D eigenvalue weighted by molar-refractivity contribution is -0.147. The summed E-state index contributed by atoms with van der Waals surface area (Å²) >= 11 is 0. The molecule has 0 bridgehead atoms. The maximum atomic E-state index is 11.7. The van der Waals surface area contributed by atoms with E-state index in [-0.39, 0.29) is 13.2 Å². The molecule has 0 fully saturated rings. The summed E-state index contributed by atoms with van der Waals surface area (Å²) in [5.41, 5.74) is 5.23. The third-order valence-corrected chi connectivity index (χ3v) is 5.08. The maximum absolute atomic E-state index is 11.7. The van der Waals surface area contributed by atoms with Crippen LogP contribution >= 0.6 is 0 Å². The number of hydrogen-bond donors (Lipinski definition) is 1. The number of rotatable bonds is 10. The number of carbonyl (C=O) groups is 2. The molecule has 0 saturated carbocycles. The number of esters is 2. The zero-order valence-electron chi connectivity index (χ0n) is 19.8. The first-order valence-electron chi connectivity index (χ1n) is 11.1. The quantitative estimate of drug-likeness (QED) is 0.135. The molecule has 0 spiro atoms. The molecule has 1 unspecified atom stereocenters. The van der Waals surface area contributed by atoms with Crippen molar-refractivity contribution >= 4 is 11.9 Å². The highest BCUT2D eigenvalue weighted by atomic mass is 16.6. The van der Waals surface area contributed by atoms with E-state index in [4.69, 9.17) is 14.2 Å². The summed E-state index contributed by atoms with van der Waals surface area (Å²) < 4.78 is 15.5. The van der Waals surface area contributed by atoms with E-state index in [1.54, 1.807) is 38.1 Å². The highest BCUT2D eigenvalue weighted by Gasteiger charge is 2.10. The molecule has 1 N–H and O–H groups in total. The second-order valence-electron chi connectivity index (χ2n) is 8.04. The number of benzene rings is 3. The van der Waals surface area contributed by atoms with Crippen LogP contribution in [0.3, 0.4) is 0 Å². The molecule has 0 aliphatic carbocycles. The predicted octanol–water partition coefficient (Wildman–Crippen LogP) is 5.63. The fourth-order valence-electron chi connectivity index (χ4n) is 3.14. The third kappa shape index (κ3) is 7.24. The molecular formula is C29H28O6. The Kier molecular flexibility index (Phi) is 8.73. The molecule has 0 heterocycles. The summed E-state index contributed by atoms with van der Waals surface area (Å²) in [6.45, 7) is 10.4. The molecule has 1 atom stereocenters. The smallest absolute Gasteiger partial charge is 0.338 e. The Morgan fingerprint density at radius 2 is 1.31 bits per heavy atom. The van der Waals surface area contributed by atoms with Gasteiger partial charge in [0.25, 0.3) is 0 Å². The molecule has 3 rings (SSSR count). The Morgan fingerprint density at radius 3 is 1.86 bits per heavy atom. The van der Waals surface area contributed by atoms with Crippen LogP contribution in [0.15, 0.2) is 97.1 Å². The van der Waals surface area contributed by atoms with Crippen LogP contribution in [-0.2, 0) is 19.1 Å². The monoisotopic (exact) mass is 472 g/mol. The van der Waals surface area contributed by atoms with E-state index in [0.29, 0.717) is 22.5 Å². The van der Waals surface area contributed by atoms with Crippen molar-refractivity contribution in [2.45, 2.75) is 20.1 Å². The van der Waals surface area contributed by atoms with Gasteiger partial charge in [-0.3, -0.25) is 0 Å².